The highest BCUT2D eigenvalue weighted by Crippen LogP contribution is 2.32. The number of carbonyl (C=O) groups excluding carboxylic acids is 2. The Bertz CT molecular complexity index is 1060. The molecule has 1 aromatic heterocycles. The predicted octanol–water partition coefficient (Wildman–Crippen LogP) is 2.47. The summed E-state index contributed by atoms with van der Waals surface area (Å²) in [6, 6.07) is 10.4. The molecule has 1 aliphatic carbocycles. The molecule has 2 fully saturated rings. The number of benzene rings is 1. The van der Waals surface area contributed by atoms with Crippen molar-refractivity contribution in [2.45, 2.75) is 51.2 Å². The maximum Gasteiger partial charge on any atom is 0.270 e. The van der Waals surface area contributed by atoms with Crippen molar-refractivity contribution in [2.75, 3.05) is 39.8 Å². The van der Waals surface area contributed by atoms with Crippen molar-refractivity contribution in [2.24, 2.45) is 11.8 Å². The van der Waals surface area contributed by atoms with Crippen LogP contribution >= 0.6 is 0 Å². The quantitative estimate of drug-likeness (QED) is 0.580. The van der Waals surface area contributed by atoms with E-state index in [9.17, 15) is 9.59 Å². The number of methoxy groups -OCH3 is 1. The first-order valence-corrected chi connectivity index (χ1v) is 13.3. The largest absolute Gasteiger partial charge is 0.378 e. The third-order valence-corrected chi connectivity index (χ3v) is 7.80. The normalized spacial score (nSPS) is 19.5. The van der Waals surface area contributed by atoms with Gasteiger partial charge in [0.2, 0.25) is 5.91 Å². The zero-order valence-corrected chi connectivity index (χ0v) is 21.2. The Morgan fingerprint density at radius 2 is 1.86 bits per heavy atom. The van der Waals surface area contributed by atoms with Gasteiger partial charge in [-0.1, -0.05) is 24.3 Å². The maximum absolute atomic E-state index is 12.8. The van der Waals surface area contributed by atoms with Crippen LogP contribution in [0.3, 0.4) is 0 Å². The Morgan fingerprint density at radius 1 is 1.08 bits per heavy atom. The zero-order chi connectivity index (χ0) is 24.9. The van der Waals surface area contributed by atoms with Crippen LogP contribution in [0.5, 0.6) is 0 Å². The molecule has 1 atom stereocenters. The van der Waals surface area contributed by atoms with E-state index in [1.165, 1.54) is 17.5 Å². The van der Waals surface area contributed by atoms with Crippen molar-refractivity contribution < 1.29 is 14.3 Å². The first-order chi connectivity index (χ1) is 17.6. The maximum atomic E-state index is 12.8. The molecule has 36 heavy (non-hydrogen) atoms. The molecule has 5 rings (SSSR count). The monoisotopic (exact) mass is 491 g/mol. The van der Waals surface area contributed by atoms with Crippen LogP contribution in [-0.2, 0) is 28.9 Å². The Morgan fingerprint density at radius 3 is 2.61 bits per heavy atom. The smallest absolute Gasteiger partial charge is 0.270 e. The van der Waals surface area contributed by atoms with Crippen LogP contribution in [0.4, 0.5) is 0 Å². The molecule has 2 aromatic rings. The highest BCUT2D eigenvalue weighted by atomic mass is 16.5. The molecule has 2 amide bonds. The number of fused-ring (bicyclic) bond motifs is 1. The topological polar surface area (TPSA) is 87.7 Å². The number of aromatic nitrogens is 2. The summed E-state index contributed by atoms with van der Waals surface area (Å²) in [4.78, 5) is 38.2. The lowest BCUT2D eigenvalue weighted by Crippen LogP contribution is -2.43. The molecule has 0 radical (unpaired) electrons. The molecule has 3 aliphatic rings. The Kier molecular flexibility index (Phi) is 7.92. The van der Waals surface area contributed by atoms with E-state index >= 15 is 0 Å². The van der Waals surface area contributed by atoms with Gasteiger partial charge < -0.3 is 15.0 Å². The van der Waals surface area contributed by atoms with Gasteiger partial charge in [0.15, 0.2) is 0 Å². The van der Waals surface area contributed by atoms with Gasteiger partial charge in [-0.3, -0.25) is 14.5 Å². The van der Waals surface area contributed by atoms with Crippen LogP contribution in [0.2, 0.25) is 0 Å². The lowest BCUT2D eigenvalue weighted by atomic mass is 9.91. The fraction of sp³-hybridized carbons (Fsp3) is 0.571. The van der Waals surface area contributed by atoms with Crippen molar-refractivity contribution in [1.82, 2.24) is 25.1 Å². The number of rotatable bonds is 9. The molecule has 2 aliphatic heterocycles. The van der Waals surface area contributed by atoms with Gasteiger partial charge in [-0.25, -0.2) is 9.97 Å². The second-order valence-electron chi connectivity index (χ2n) is 10.5. The third kappa shape index (κ3) is 6.28. The molecular formula is C28H37N5O3. The second-order valence-corrected chi connectivity index (χ2v) is 10.5. The fourth-order valence-electron chi connectivity index (χ4n) is 5.39. The molecule has 8 nitrogen and oxygen atoms in total. The summed E-state index contributed by atoms with van der Waals surface area (Å²) < 4.78 is 5.68. The summed E-state index contributed by atoms with van der Waals surface area (Å²) in [6.45, 7) is 4.77. The SMILES string of the molecule is COC(CNC(=O)c1cc(CC2CCN(C(=O)C3CC3)CC2)ncn1)CN1CCc2ccccc2C1. The average Bonchev–Trinajstić information content (AvgIpc) is 3.77. The molecule has 1 saturated heterocycles. The van der Waals surface area contributed by atoms with Crippen LogP contribution in [0.1, 0.15) is 53.0 Å². The Balaban J connectivity index is 1.08. The first-order valence-electron chi connectivity index (χ1n) is 13.3. The van der Waals surface area contributed by atoms with Crippen molar-refractivity contribution in [3.63, 3.8) is 0 Å². The van der Waals surface area contributed by atoms with Gasteiger partial charge in [0, 0.05) is 58.0 Å². The van der Waals surface area contributed by atoms with E-state index in [4.69, 9.17) is 4.74 Å². The number of hydrogen-bond acceptors (Lipinski definition) is 6. The van der Waals surface area contributed by atoms with Crippen molar-refractivity contribution in [3.8, 4) is 0 Å². The minimum atomic E-state index is -0.200. The second kappa shape index (κ2) is 11.5. The van der Waals surface area contributed by atoms with E-state index in [-0.39, 0.29) is 12.0 Å². The van der Waals surface area contributed by atoms with E-state index in [0.717, 1.165) is 76.9 Å². The number of likely N-dealkylation sites (tertiary alicyclic amines) is 1. The van der Waals surface area contributed by atoms with Crippen molar-refractivity contribution >= 4 is 11.8 Å². The number of nitrogens with zero attached hydrogens (tertiary/aromatic N) is 4. The van der Waals surface area contributed by atoms with Crippen LogP contribution in [-0.4, -0.2) is 77.5 Å². The fourth-order valence-corrected chi connectivity index (χ4v) is 5.39. The Labute approximate surface area is 213 Å². The third-order valence-electron chi connectivity index (χ3n) is 7.80. The van der Waals surface area contributed by atoms with E-state index in [0.29, 0.717) is 30.0 Å². The number of hydrogen-bond donors (Lipinski definition) is 1. The summed E-state index contributed by atoms with van der Waals surface area (Å²) >= 11 is 0. The molecule has 0 bridgehead atoms. The lowest BCUT2D eigenvalue weighted by Gasteiger charge is -2.32. The molecule has 192 valence electrons. The van der Waals surface area contributed by atoms with Gasteiger partial charge >= 0.3 is 0 Å². The average molecular weight is 492 g/mol. The summed E-state index contributed by atoms with van der Waals surface area (Å²) in [5, 5.41) is 3.00. The minimum Gasteiger partial charge on any atom is -0.378 e. The van der Waals surface area contributed by atoms with Crippen LogP contribution in [0.25, 0.3) is 0 Å². The molecular weight excluding hydrogens is 454 g/mol. The van der Waals surface area contributed by atoms with Gasteiger partial charge in [0.25, 0.3) is 5.91 Å². The van der Waals surface area contributed by atoms with Gasteiger partial charge in [-0.15, -0.1) is 0 Å². The highest BCUT2D eigenvalue weighted by molar-refractivity contribution is 5.92. The van der Waals surface area contributed by atoms with Crippen molar-refractivity contribution in [3.05, 3.63) is 59.2 Å². The van der Waals surface area contributed by atoms with Gasteiger partial charge in [0.1, 0.15) is 12.0 Å². The van der Waals surface area contributed by atoms with E-state index < -0.39 is 0 Å². The lowest BCUT2D eigenvalue weighted by molar-refractivity contribution is -0.133. The summed E-state index contributed by atoms with van der Waals surface area (Å²) in [5.41, 5.74) is 4.07. The highest BCUT2D eigenvalue weighted by Gasteiger charge is 2.35. The van der Waals surface area contributed by atoms with E-state index in [2.05, 4.69) is 44.5 Å². The van der Waals surface area contributed by atoms with Gasteiger partial charge in [-0.05, 0) is 61.6 Å². The molecule has 1 N–H and O–H groups in total. The molecule has 0 spiro atoms. The number of carbonyl (C=O) groups is 2. The zero-order valence-electron chi connectivity index (χ0n) is 21.2. The number of ether oxygens (including phenoxy) is 1. The predicted molar refractivity (Wildman–Crippen MR) is 136 cm³/mol. The van der Waals surface area contributed by atoms with Crippen LogP contribution < -0.4 is 5.32 Å². The standard InChI is InChI=1S/C28H37N5O3/c1-36-25(18-32-11-10-21-4-2-3-5-23(21)17-32)16-29-27(34)26-15-24(30-19-31-26)14-20-8-12-33(13-9-20)28(35)22-6-7-22/h2-5,15,19-20,22,25H,6-14,16-18H2,1H3,(H,29,34). The Hall–Kier alpha value is -2.84. The van der Waals surface area contributed by atoms with Crippen LogP contribution in [0, 0.1) is 11.8 Å². The molecule has 8 heteroatoms. The number of amides is 2. The van der Waals surface area contributed by atoms with Gasteiger partial charge in [-0.2, -0.15) is 0 Å². The van der Waals surface area contributed by atoms with Gasteiger partial charge in [0.05, 0.1) is 6.10 Å². The van der Waals surface area contributed by atoms with Crippen molar-refractivity contribution in [1.29, 1.82) is 0 Å². The van der Waals surface area contributed by atoms with E-state index in [1.807, 2.05) is 4.90 Å². The molecule has 1 aromatic carbocycles. The van der Waals surface area contributed by atoms with Crippen LogP contribution in [0.15, 0.2) is 36.7 Å². The number of nitrogens with one attached hydrogen (secondary N) is 1. The molecule has 1 saturated carbocycles. The summed E-state index contributed by atoms with van der Waals surface area (Å²) in [6.07, 6.45) is 7.33. The summed E-state index contributed by atoms with van der Waals surface area (Å²) in [7, 11) is 1.70. The minimum absolute atomic E-state index is 0.0935. The molecule has 1 unspecified atom stereocenters. The molecule has 3 heterocycles. The first kappa shape index (κ1) is 24.8. The summed E-state index contributed by atoms with van der Waals surface area (Å²) in [5.74, 6) is 0.911. The van der Waals surface area contributed by atoms with E-state index in [1.54, 1.807) is 13.2 Å². The number of piperidine rings is 1.